The van der Waals surface area contributed by atoms with Crippen LogP contribution in [-0.2, 0) is 27.9 Å². The molecule has 0 unspecified atom stereocenters. The fraction of sp³-hybridized carbons (Fsp3) is 0.480. The minimum Gasteiger partial charge on any atom is -0.323 e. The molecule has 1 N–H and O–H groups in total. The number of aromatic nitrogens is 4. The van der Waals surface area contributed by atoms with Crippen molar-refractivity contribution in [2.24, 2.45) is 5.92 Å². The Bertz CT molecular complexity index is 1320. The second-order valence-electron chi connectivity index (χ2n) is 9.31. The number of hydrogen-bond donors (Lipinski definition) is 1. The van der Waals surface area contributed by atoms with Gasteiger partial charge in [0.25, 0.3) is 0 Å². The quantitative estimate of drug-likeness (QED) is 0.538. The zero-order valence-corrected chi connectivity index (χ0v) is 21.9. The number of sulfonamides is 1. The molecule has 1 amide bonds. The molecule has 10 heteroatoms. The van der Waals surface area contributed by atoms with Crippen molar-refractivity contribution in [3.8, 4) is 0 Å². The van der Waals surface area contributed by atoms with Crippen LogP contribution in [0.1, 0.15) is 48.0 Å². The van der Waals surface area contributed by atoms with Gasteiger partial charge in [-0.1, -0.05) is 29.8 Å². The van der Waals surface area contributed by atoms with Crippen molar-refractivity contribution in [2.45, 2.75) is 65.4 Å². The maximum absolute atomic E-state index is 13.3. The molecule has 9 nitrogen and oxygen atoms in total. The molecule has 1 aliphatic rings. The van der Waals surface area contributed by atoms with Crippen LogP contribution in [0, 0.1) is 33.6 Å². The minimum absolute atomic E-state index is 0.153. The SMILES string of the molecule is CCn1cc(S(=O)(=O)N2CCC[C@@H](C(=O)Nc3c(C)nn(Cc4ccc(C)cc4)c3C)C2)c(C)n1. The van der Waals surface area contributed by atoms with Crippen LogP contribution >= 0.6 is 0 Å². The van der Waals surface area contributed by atoms with E-state index in [1.54, 1.807) is 17.8 Å². The number of benzene rings is 1. The summed E-state index contributed by atoms with van der Waals surface area (Å²) in [5, 5.41) is 11.9. The molecular formula is C25H34N6O3S. The number of carbonyl (C=O) groups is 1. The predicted molar refractivity (Wildman–Crippen MR) is 135 cm³/mol. The van der Waals surface area contributed by atoms with Crippen molar-refractivity contribution in [1.82, 2.24) is 23.9 Å². The zero-order chi connectivity index (χ0) is 25.3. The first-order valence-corrected chi connectivity index (χ1v) is 13.5. The second-order valence-corrected chi connectivity index (χ2v) is 11.2. The molecule has 0 spiro atoms. The number of piperidine rings is 1. The van der Waals surface area contributed by atoms with Gasteiger partial charge in [0.05, 0.1) is 35.2 Å². The number of rotatable bonds is 7. The molecule has 1 aliphatic heterocycles. The largest absolute Gasteiger partial charge is 0.323 e. The van der Waals surface area contributed by atoms with E-state index in [9.17, 15) is 13.2 Å². The van der Waals surface area contributed by atoms with Gasteiger partial charge >= 0.3 is 0 Å². The first kappa shape index (κ1) is 25.1. The Kier molecular flexibility index (Phi) is 7.14. The predicted octanol–water partition coefficient (Wildman–Crippen LogP) is 3.42. The molecule has 0 aliphatic carbocycles. The monoisotopic (exact) mass is 498 g/mol. The van der Waals surface area contributed by atoms with E-state index < -0.39 is 15.9 Å². The van der Waals surface area contributed by atoms with Gasteiger partial charge in [0.15, 0.2) is 0 Å². The molecule has 1 aromatic carbocycles. The summed E-state index contributed by atoms with van der Waals surface area (Å²) in [6, 6.07) is 8.29. The topological polar surface area (TPSA) is 102 Å². The molecule has 188 valence electrons. The summed E-state index contributed by atoms with van der Waals surface area (Å²) in [5.41, 5.74) is 5.12. The molecule has 1 atom stereocenters. The van der Waals surface area contributed by atoms with Crippen LogP contribution in [0.2, 0.25) is 0 Å². The summed E-state index contributed by atoms with van der Waals surface area (Å²) in [5.74, 6) is -0.605. The van der Waals surface area contributed by atoms with Crippen molar-refractivity contribution in [3.63, 3.8) is 0 Å². The van der Waals surface area contributed by atoms with Crippen LogP contribution in [0.3, 0.4) is 0 Å². The van der Waals surface area contributed by atoms with Gasteiger partial charge in [0.1, 0.15) is 4.90 Å². The van der Waals surface area contributed by atoms with Gasteiger partial charge in [-0.15, -0.1) is 0 Å². The molecule has 1 saturated heterocycles. The maximum atomic E-state index is 13.3. The van der Waals surface area contributed by atoms with E-state index in [0.29, 0.717) is 43.9 Å². The zero-order valence-electron chi connectivity index (χ0n) is 21.1. The van der Waals surface area contributed by atoms with Crippen molar-refractivity contribution in [1.29, 1.82) is 0 Å². The van der Waals surface area contributed by atoms with E-state index >= 15 is 0 Å². The first-order valence-electron chi connectivity index (χ1n) is 12.0. The van der Waals surface area contributed by atoms with Gasteiger partial charge in [0, 0.05) is 25.8 Å². The lowest BCUT2D eigenvalue weighted by atomic mass is 9.98. The van der Waals surface area contributed by atoms with E-state index in [4.69, 9.17) is 0 Å². The van der Waals surface area contributed by atoms with Gasteiger partial charge in [-0.2, -0.15) is 14.5 Å². The molecular weight excluding hydrogens is 464 g/mol. The van der Waals surface area contributed by atoms with E-state index in [0.717, 1.165) is 17.0 Å². The van der Waals surface area contributed by atoms with E-state index in [2.05, 4.69) is 46.7 Å². The summed E-state index contributed by atoms with van der Waals surface area (Å²) in [6.07, 6.45) is 2.84. The highest BCUT2D eigenvalue weighted by Gasteiger charge is 2.35. The van der Waals surface area contributed by atoms with Gasteiger partial charge < -0.3 is 5.32 Å². The highest BCUT2D eigenvalue weighted by atomic mass is 32.2. The lowest BCUT2D eigenvalue weighted by Crippen LogP contribution is -2.43. The molecule has 1 fully saturated rings. The fourth-order valence-electron chi connectivity index (χ4n) is 4.55. The van der Waals surface area contributed by atoms with Gasteiger partial charge in [0.2, 0.25) is 15.9 Å². The molecule has 0 bridgehead atoms. The maximum Gasteiger partial charge on any atom is 0.246 e. The van der Waals surface area contributed by atoms with Crippen LogP contribution in [0.5, 0.6) is 0 Å². The van der Waals surface area contributed by atoms with E-state index in [1.165, 1.54) is 9.87 Å². The Morgan fingerprint density at radius 2 is 1.80 bits per heavy atom. The second kappa shape index (κ2) is 9.94. The number of carbonyl (C=O) groups excluding carboxylic acids is 1. The number of nitrogens with zero attached hydrogens (tertiary/aromatic N) is 5. The van der Waals surface area contributed by atoms with Crippen molar-refractivity contribution < 1.29 is 13.2 Å². The van der Waals surface area contributed by atoms with Crippen LogP contribution < -0.4 is 5.32 Å². The highest BCUT2D eigenvalue weighted by Crippen LogP contribution is 2.27. The van der Waals surface area contributed by atoms with E-state index in [1.807, 2.05) is 25.5 Å². The average Bonchev–Trinajstić information content (AvgIpc) is 3.35. The molecule has 4 rings (SSSR count). The Morgan fingerprint density at radius 3 is 2.46 bits per heavy atom. The number of anilines is 1. The number of hydrogen-bond acceptors (Lipinski definition) is 5. The lowest BCUT2D eigenvalue weighted by Gasteiger charge is -2.31. The Labute approximate surface area is 207 Å². The van der Waals surface area contributed by atoms with E-state index in [-0.39, 0.29) is 17.3 Å². The number of aryl methyl sites for hydroxylation is 4. The van der Waals surface area contributed by atoms with Gasteiger partial charge in [-0.3, -0.25) is 14.2 Å². The standard InChI is InChI=1S/C25H34N6O3S/c1-6-29-16-23(18(3)27-29)35(33,34)30-13-7-8-22(15-30)25(32)26-24-19(4)28-31(20(24)5)14-21-11-9-17(2)10-12-21/h9-12,16,22H,6-8,13-15H2,1-5H3,(H,26,32)/t22-/m1/s1. The normalized spacial score (nSPS) is 17.0. The average molecular weight is 499 g/mol. The lowest BCUT2D eigenvalue weighted by molar-refractivity contribution is -0.120. The number of nitrogens with one attached hydrogen (secondary N) is 1. The summed E-state index contributed by atoms with van der Waals surface area (Å²) in [6.45, 7) is 11.2. The summed E-state index contributed by atoms with van der Waals surface area (Å²) < 4.78 is 31.5. The van der Waals surface area contributed by atoms with Crippen molar-refractivity contribution in [2.75, 3.05) is 18.4 Å². The minimum atomic E-state index is -3.72. The smallest absolute Gasteiger partial charge is 0.246 e. The molecule has 0 saturated carbocycles. The Morgan fingerprint density at radius 1 is 1.09 bits per heavy atom. The van der Waals surface area contributed by atoms with Gasteiger partial charge in [-0.05, 0) is 53.0 Å². The molecule has 35 heavy (non-hydrogen) atoms. The molecule has 0 radical (unpaired) electrons. The van der Waals surface area contributed by atoms with Gasteiger partial charge in [-0.25, -0.2) is 8.42 Å². The van der Waals surface area contributed by atoms with Crippen molar-refractivity contribution >= 4 is 21.6 Å². The Balaban J connectivity index is 1.48. The molecule has 3 heterocycles. The van der Waals surface area contributed by atoms with Crippen LogP contribution in [-0.4, -0.2) is 51.3 Å². The summed E-state index contributed by atoms with van der Waals surface area (Å²) in [4.78, 5) is 13.4. The summed E-state index contributed by atoms with van der Waals surface area (Å²) in [7, 11) is -3.72. The Hall–Kier alpha value is -2.98. The third-order valence-electron chi connectivity index (χ3n) is 6.68. The fourth-order valence-corrected chi connectivity index (χ4v) is 6.24. The molecule has 3 aromatic rings. The van der Waals surface area contributed by atoms with Crippen LogP contribution in [0.15, 0.2) is 35.4 Å². The third-order valence-corrected chi connectivity index (χ3v) is 8.65. The highest BCUT2D eigenvalue weighted by molar-refractivity contribution is 7.89. The summed E-state index contributed by atoms with van der Waals surface area (Å²) >= 11 is 0. The third kappa shape index (κ3) is 5.18. The van der Waals surface area contributed by atoms with Crippen molar-refractivity contribution in [3.05, 3.63) is 58.7 Å². The first-order chi connectivity index (χ1) is 16.6. The van der Waals surface area contributed by atoms with Crippen LogP contribution in [0.4, 0.5) is 5.69 Å². The van der Waals surface area contributed by atoms with Crippen LogP contribution in [0.25, 0.3) is 0 Å². The molecule has 2 aromatic heterocycles. The number of amides is 1.